The average Bonchev–Trinajstić information content (AvgIpc) is 2.30. The lowest BCUT2D eigenvalue weighted by atomic mass is 10.1. The van der Waals surface area contributed by atoms with E-state index in [0.29, 0.717) is 12.1 Å². The van der Waals surface area contributed by atoms with Gasteiger partial charge in [-0.3, -0.25) is 4.90 Å². The Morgan fingerprint density at radius 3 is 2.53 bits per heavy atom. The van der Waals surface area contributed by atoms with E-state index in [4.69, 9.17) is 5.73 Å². The summed E-state index contributed by atoms with van der Waals surface area (Å²) in [4.78, 5) is 4.95. The highest BCUT2D eigenvalue weighted by Crippen LogP contribution is 2.26. The van der Waals surface area contributed by atoms with Gasteiger partial charge in [0.25, 0.3) is 0 Å². The number of rotatable bonds is 2. The summed E-state index contributed by atoms with van der Waals surface area (Å²) in [5, 5.41) is 0. The van der Waals surface area contributed by atoms with E-state index in [2.05, 4.69) is 42.7 Å². The predicted octanol–water partition coefficient (Wildman–Crippen LogP) is 2.19. The Kier molecular flexibility index (Phi) is 3.57. The van der Waals surface area contributed by atoms with Crippen LogP contribution in [0.1, 0.15) is 20.8 Å². The summed E-state index contributed by atoms with van der Waals surface area (Å²) in [6.45, 7) is 10.1. The number of benzene rings is 1. The van der Waals surface area contributed by atoms with Crippen molar-refractivity contribution in [1.82, 2.24) is 4.90 Å². The molecule has 1 fully saturated rings. The number of para-hydroxylation sites is 2. The van der Waals surface area contributed by atoms with Gasteiger partial charge in [0.2, 0.25) is 0 Å². The molecule has 1 heterocycles. The lowest BCUT2D eigenvalue weighted by Crippen LogP contribution is -2.54. The van der Waals surface area contributed by atoms with Crippen LogP contribution in [0.5, 0.6) is 0 Å². The van der Waals surface area contributed by atoms with Gasteiger partial charge >= 0.3 is 0 Å². The topological polar surface area (TPSA) is 32.5 Å². The summed E-state index contributed by atoms with van der Waals surface area (Å²) in [5.74, 6) is 0. The van der Waals surface area contributed by atoms with Gasteiger partial charge in [0.1, 0.15) is 0 Å². The first kappa shape index (κ1) is 12.2. The second-order valence-corrected chi connectivity index (χ2v) is 5.19. The number of nitrogen functional groups attached to an aromatic ring is 1. The molecular weight excluding hydrogens is 210 g/mol. The van der Waals surface area contributed by atoms with Crippen LogP contribution >= 0.6 is 0 Å². The van der Waals surface area contributed by atoms with Crippen molar-refractivity contribution >= 4 is 11.4 Å². The minimum Gasteiger partial charge on any atom is -0.397 e. The van der Waals surface area contributed by atoms with Crippen LogP contribution in [-0.2, 0) is 0 Å². The number of piperazine rings is 1. The van der Waals surface area contributed by atoms with Crippen LogP contribution in [0.2, 0.25) is 0 Å². The third kappa shape index (κ3) is 2.55. The Hall–Kier alpha value is -1.22. The zero-order chi connectivity index (χ0) is 12.4. The summed E-state index contributed by atoms with van der Waals surface area (Å²) in [6.07, 6.45) is 0. The van der Waals surface area contributed by atoms with Crippen LogP contribution in [0.4, 0.5) is 11.4 Å². The van der Waals surface area contributed by atoms with Crippen LogP contribution in [0.3, 0.4) is 0 Å². The molecule has 1 aromatic carbocycles. The minimum atomic E-state index is 0.524. The van der Waals surface area contributed by atoms with Crippen LogP contribution in [0, 0.1) is 0 Å². The van der Waals surface area contributed by atoms with Gasteiger partial charge in [0.15, 0.2) is 0 Å². The Morgan fingerprint density at radius 1 is 1.24 bits per heavy atom. The van der Waals surface area contributed by atoms with Gasteiger partial charge in [0, 0.05) is 31.7 Å². The molecule has 1 aliphatic heterocycles. The first-order chi connectivity index (χ1) is 8.09. The molecule has 0 saturated carbocycles. The van der Waals surface area contributed by atoms with Crippen molar-refractivity contribution in [2.45, 2.75) is 32.9 Å². The van der Waals surface area contributed by atoms with Crippen molar-refractivity contribution in [3.05, 3.63) is 24.3 Å². The van der Waals surface area contributed by atoms with Gasteiger partial charge in [-0.15, -0.1) is 0 Å². The number of hydrogen-bond donors (Lipinski definition) is 1. The summed E-state index contributed by atoms with van der Waals surface area (Å²) < 4.78 is 0. The Labute approximate surface area is 104 Å². The third-order valence-electron chi connectivity index (χ3n) is 3.64. The minimum absolute atomic E-state index is 0.524. The largest absolute Gasteiger partial charge is 0.397 e. The van der Waals surface area contributed by atoms with Crippen molar-refractivity contribution in [2.24, 2.45) is 0 Å². The van der Waals surface area contributed by atoms with E-state index in [-0.39, 0.29) is 0 Å². The molecule has 2 N–H and O–H groups in total. The molecular formula is C14H23N3. The van der Waals surface area contributed by atoms with E-state index in [1.807, 2.05) is 12.1 Å². The second-order valence-electron chi connectivity index (χ2n) is 5.19. The molecule has 1 aromatic rings. The molecule has 3 heteroatoms. The molecule has 2 rings (SSSR count). The van der Waals surface area contributed by atoms with Gasteiger partial charge in [-0.25, -0.2) is 0 Å². The van der Waals surface area contributed by atoms with Crippen LogP contribution in [0.15, 0.2) is 24.3 Å². The lowest BCUT2D eigenvalue weighted by molar-refractivity contribution is 0.185. The second kappa shape index (κ2) is 4.96. The molecule has 1 saturated heterocycles. The smallest absolute Gasteiger partial charge is 0.0603 e. The van der Waals surface area contributed by atoms with Crippen molar-refractivity contribution < 1.29 is 0 Å². The third-order valence-corrected chi connectivity index (χ3v) is 3.64. The SMILES string of the molecule is CC(C)N1CCN(c2ccccc2N)C(C)C1. The zero-order valence-corrected chi connectivity index (χ0v) is 11.1. The highest BCUT2D eigenvalue weighted by molar-refractivity contribution is 5.67. The van der Waals surface area contributed by atoms with Crippen molar-refractivity contribution in [1.29, 1.82) is 0 Å². The molecule has 0 bridgehead atoms. The molecule has 94 valence electrons. The number of anilines is 2. The zero-order valence-electron chi connectivity index (χ0n) is 11.1. The summed E-state index contributed by atoms with van der Waals surface area (Å²) in [6, 6.07) is 9.32. The van der Waals surface area contributed by atoms with Crippen molar-refractivity contribution in [2.75, 3.05) is 30.3 Å². The Bertz CT molecular complexity index is 375. The molecule has 1 atom stereocenters. The van der Waals surface area contributed by atoms with Gasteiger partial charge < -0.3 is 10.6 Å². The van der Waals surface area contributed by atoms with Crippen molar-refractivity contribution in [3.63, 3.8) is 0 Å². The summed E-state index contributed by atoms with van der Waals surface area (Å²) in [7, 11) is 0. The standard InChI is InChI=1S/C14H23N3/c1-11(2)16-8-9-17(12(3)10-16)14-7-5-4-6-13(14)15/h4-7,11-12H,8-10,15H2,1-3H3. The quantitative estimate of drug-likeness (QED) is 0.795. The maximum absolute atomic E-state index is 6.05. The highest BCUT2D eigenvalue weighted by Gasteiger charge is 2.25. The molecule has 3 nitrogen and oxygen atoms in total. The van der Waals surface area contributed by atoms with Gasteiger partial charge in [-0.2, -0.15) is 0 Å². The Balaban J connectivity index is 2.12. The lowest BCUT2D eigenvalue weighted by Gasteiger charge is -2.43. The first-order valence-corrected chi connectivity index (χ1v) is 6.45. The number of nitrogens with two attached hydrogens (primary N) is 1. The molecule has 0 radical (unpaired) electrons. The van der Waals surface area contributed by atoms with Gasteiger partial charge in [0.05, 0.1) is 11.4 Å². The molecule has 0 aromatic heterocycles. The summed E-state index contributed by atoms with van der Waals surface area (Å²) >= 11 is 0. The number of hydrogen-bond acceptors (Lipinski definition) is 3. The molecule has 17 heavy (non-hydrogen) atoms. The first-order valence-electron chi connectivity index (χ1n) is 6.45. The average molecular weight is 233 g/mol. The van der Waals surface area contributed by atoms with E-state index >= 15 is 0 Å². The normalized spacial score (nSPS) is 22.1. The number of nitrogens with zero attached hydrogens (tertiary/aromatic N) is 2. The van der Waals surface area contributed by atoms with Crippen molar-refractivity contribution in [3.8, 4) is 0 Å². The van der Waals surface area contributed by atoms with E-state index in [9.17, 15) is 0 Å². The fourth-order valence-electron chi connectivity index (χ4n) is 2.56. The molecule has 1 unspecified atom stereocenters. The molecule has 0 aliphatic carbocycles. The van der Waals surface area contributed by atoms with E-state index < -0.39 is 0 Å². The maximum Gasteiger partial charge on any atom is 0.0603 e. The van der Waals surface area contributed by atoms with Crippen LogP contribution in [0.25, 0.3) is 0 Å². The molecule has 0 amide bonds. The predicted molar refractivity (Wildman–Crippen MR) is 74.4 cm³/mol. The van der Waals surface area contributed by atoms with Crippen LogP contribution < -0.4 is 10.6 Å². The fourth-order valence-corrected chi connectivity index (χ4v) is 2.56. The van der Waals surface area contributed by atoms with E-state index in [0.717, 1.165) is 25.3 Å². The highest BCUT2D eigenvalue weighted by atomic mass is 15.3. The Morgan fingerprint density at radius 2 is 1.94 bits per heavy atom. The van der Waals surface area contributed by atoms with Gasteiger partial charge in [-0.1, -0.05) is 12.1 Å². The molecule has 1 aliphatic rings. The van der Waals surface area contributed by atoms with E-state index in [1.54, 1.807) is 0 Å². The summed E-state index contributed by atoms with van der Waals surface area (Å²) in [5.41, 5.74) is 8.12. The van der Waals surface area contributed by atoms with Gasteiger partial charge in [-0.05, 0) is 32.9 Å². The monoisotopic (exact) mass is 233 g/mol. The maximum atomic E-state index is 6.05. The molecule has 0 spiro atoms. The van der Waals surface area contributed by atoms with Crippen LogP contribution in [-0.4, -0.2) is 36.6 Å². The van der Waals surface area contributed by atoms with E-state index in [1.165, 1.54) is 5.69 Å². The fraction of sp³-hybridized carbons (Fsp3) is 0.571.